The van der Waals surface area contributed by atoms with E-state index in [9.17, 15) is 4.79 Å². The summed E-state index contributed by atoms with van der Waals surface area (Å²) in [5.74, 6) is 0.0289. The third kappa shape index (κ3) is 2.50. The minimum absolute atomic E-state index is 0.0289. The summed E-state index contributed by atoms with van der Waals surface area (Å²) in [6.45, 7) is 8.66. The van der Waals surface area contributed by atoms with Crippen molar-refractivity contribution in [3.63, 3.8) is 0 Å². The Morgan fingerprint density at radius 1 is 1.26 bits per heavy atom. The number of aryl methyl sites for hydroxylation is 4. The maximum Gasteiger partial charge on any atom is 0.212 e. The van der Waals surface area contributed by atoms with Gasteiger partial charge in [0.05, 0.1) is 10.7 Å². The standard InChI is InChI=1S/C15H17BrN2O/c1-5-18-14(12(16)8-17-18)15(19)13-10(3)6-9(2)7-11(13)4/h6-8H,5H2,1-4H3. The molecular formula is C15H17BrN2O. The predicted molar refractivity (Wildman–Crippen MR) is 79.7 cm³/mol. The first kappa shape index (κ1) is 14.0. The molecule has 1 heterocycles. The fraction of sp³-hybridized carbons (Fsp3) is 0.333. The van der Waals surface area contributed by atoms with Gasteiger partial charge in [-0.3, -0.25) is 9.48 Å². The quantitative estimate of drug-likeness (QED) is 0.806. The first-order chi connectivity index (χ1) is 8.95. The van der Waals surface area contributed by atoms with Crippen molar-refractivity contribution in [2.24, 2.45) is 0 Å². The van der Waals surface area contributed by atoms with Crippen LogP contribution in [0.15, 0.2) is 22.8 Å². The normalized spacial score (nSPS) is 10.8. The third-order valence-electron chi connectivity index (χ3n) is 3.21. The van der Waals surface area contributed by atoms with Gasteiger partial charge in [0, 0.05) is 12.1 Å². The van der Waals surface area contributed by atoms with E-state index in [1.165, 1.54) is 5.56 Å². The van der Waals surface area contributed by atoms with Gasteiger partial charge in [-0.05, 0) is 54.8 Å². The predicted octanol–water partition coefficient (Wildman–Crippen LogP) is 3.82. The highest BCUT2D eigenvalue weighted by molar-refractivity contribution is 9.10. The van der Waals surface area contributed by atoms with Gasteiger partial charge in [0.25, 0.3) is 0 Å². The van der Waals surface area contributed by atoms with Crippen LogP contribution in [-0.2, 0) is 6.54 Å². The number of carbonyl (C=O) groups excluding carboxylic acids is 1. The molecule has 0 unspecified atom stereocenters. The van der Waals surface area contributed by atoms with Crippen molar-refractivity contribution >= 4 is 21.7 Å². The molecular weight excluding hydrogens is 304 g/mol. The monoisotopic (exact) mass is 320 g/mol. The van der Waals surface area contributed by atoms with Gasteiger partial charge in [0.15, 0.2) is 0 Å². The highest BCUT2D eigenvalue weighted by Crippen LogP contribution is 2.24. The molecule has 3 nitrogen and oxygen atoms in total. The van der Waals surface area contributed by atoms with E-state index < -0.39 is 0 Å². The molecule has 1 aromatic carbocycles. The highest BCUT2D eigenvalue weighted by atomic mass is 79.9. The average molecular weight is 321 g/mol. The molecule has 0 aliphatic rings. The van der Waals surface area contributed by atoms with E-state index in [-0.39, 0.29) is 5.78 Å². The first-order valence-electron chi connectivity index (χ1n) is 6.29. The summed E-state index contributed by atoms with van der Waals surface area (Å²) >= 11 is 3.42. The largest absolute Gasteiger partial charge is 0.287 e. The van der Waals surface area contributed by atoms with Crippen LogP contribution in [0.25, 0.3) is 0 Å². The number of rotatable bonds is 3. The van der Waals surface area contributed by atoms with Crippen LogP contribution >= 0.6 is 15.9 Å². The smallest absolute Gasteiger partial charge is 0.212 e. The van der Waals surface area contributed by atoms with Crippen LogP contribution in [0, 0.1) is 20.8 Å². The van der Waals surface area contributed by atoms with E-state index >= 15 is 0 Å². The summed E-state index contributed by atoms with van der Waals surface area (Å²) in [5.41, 5.74) is 4.60. The fourth-order valence-corrected chi connectivity index (χ4v) is 2.96. The molecule has 100 valence electrons. The van der Waals surface area contributed by atoms with E-state index in [0.717, 1.165) is 21.2 Å². The van der Waals surface area contributed by atoms with Crippen LogP contribution in [0.3, 0.4) is 0 Å². The Hall–Kier alpha value is -1.42. The molecule has 2 rings (SSSR count). The summed E-state index contributed by atoms with van der Waals surface area (Å²) in [7, 11) is 0. The molecule has 0 saturated heterocycles. The Kier molecular flexibility index (Phi) is 3.90. The minimum Gasteiger partial charge on any atom is -0.287 e. The minimum atomic E-state index is 0.0289. The van der Waals surface area contributed by atoms with Crippen LogP contribution in [-0.4, -0.2) is 15.6 Å². The van der Waals surface area contributed by atoms with Gasteiger partial charge >= 0.3 is 0 Å². The topological polar surface area (TPSA) is 34.9 Å². The Morgan fingerprint density at radius 3 is 2.37 bits per heavy atom. The van der Waals surface area contributed by atoms with E-state index in [0.29, 0.717) is 12.2 Å². The molecule has 19 heavy (non-hydrogen) atoms. The third-order valence-corrected chi connectivity index (χ3v) is 3.79. The van der Waals surface area contributed by atoms with Crippen molar-refractivity contribution in [1.29, 1.82) is 0 Å². The Bertz CT molecular complexity index is 621. The highest BCUT2D eigenvalue weighted by Gasteiger charge is 2.21. The second kappa shape index (κ2) is 5.29. The second-order valence-corrected chi connectivity index (χ2v) is 5.61. The van der Waals surface area contributed by atoms with Gasteiger partial charge in [-0.2, -0.15) is 5.10 Å². The maximum absolute atomic E-state index is 12.8. The summed E-state index contributed by atoms with van der Waals surface area (Å²) in [6, 6.07) is 4.08. The number of hydrogen-bond acceptors (Lipinski definition) is 2. The van der Waals surface area contributed by atoms with Gasteiger partial charge < -0.3 is 0 Å². The van der Waals surface area contributed by atoms with Gasteiger partial charge in [-0.1, -0.05) is 17.7 Å². The Labute approximate surface area is 121 Å². The molecule has 0 aliphatic carbocycles. The number of carbonyl (C=O) groups is 1. The molecule has 1 aromatic heterocycles. The molecule has 0 aliphatic heterocycles. The average Bonchev–Trinajstić information content (AvgIpc) is 2.68. The molecule has 0 spiro atoms. The van der Waals surface area contributed by atoms with Gasteiger partial charge in [-0.15, -0.1) is 0 Å². The molecule has 0 fully saturated rings. The molecule has 2 aromatic rings. The molecule has 4 heteroatoms. The summed E-state index contributed by atoms with van der Waals surface area (Å²) < 4.78 is 2.48. The number of halogens is 1. The van der Waals surface area contributed by atoms with Gasteiger partial charge in [0.2, 0.25) is 5.78 Å². The SMILES string of the molecule is CCn1ncc(Br)c1C(=O)c1c(C)cc(C)cc1C. The molecule has 0 N–H and O–H groups in total. The zero-order valence-electron chi connectivity index (χ0n) is 11.6. The van der Waals surface area contributed by atoms with Crippen molar-refractivity contribution < 1.29 is 4.79 Å². The molecule has 0 amide bonds. The zero-order chi connectivity index (χ0) is 14.2. The second-order valence-electron chi connectivity index (χ2n) is 4.76. The summed E-state index contributed by atoms with van der Waals surface area (Å²) in [6.07, 6.45) is 1.68. The summed E-state index contributed by atoms with van der Waals surface area (Å²) in [5, 5.41) is 4.21. The Morgan fingerprint density at radius 2 is 1.84 bits per heavy atom. The van der Waals surface area contributed by atoms with Crippen LogP contribution in [0.4, 0.5) is 0 Å². The van der Waals surface area contributed by atoms with Crippen LogP contribution in [0.1, 0.15) is 39.7 Å². The van der Waals surface area contributed by atoms with Crippen LogP contribution in [0.2, 0.25) is 0 Å². The summed E-state index contributed by atoms with van der Waals surface area (Å²) in [4.78, 5) is 12.8. The van der Waals surface area contributed by atoms with Gasteiger partial charge in [-0.25, -0.2) is 0 Å². The van der Waals surface area contributed by atoms with Crippen molar-refractivity contribution in [3.8, 4) is 0 Å². The lowest BCUT2D eigenvalue weighted by Crippen LogP contribution is -2.13. The van der Waals surface area contributed by atoms with Crippen molar-refractivity contribution in [1.82, 2.24) is 9.78 Å². The number of nitrogens with zero attached hydrogens (tertiary/aromatic N) is 2. The van der Waals surface area contributed by atoms with E-state index in [1.54, 1.807) is 10.9 Å². The Balaban J connectivity index is 2.59. The molecule has 0 bridgehead atoms. The van der Waals surface area contributed by atoms with E-state index in [4.69, 9.17) is 0 Å². The lowest BCUT2D eigenvalue weighted by Gasteiger charge is -2.11. The molecule has 0 atom stereocenters. The van der Waals surface area contributed by atoms with Crippen LogP contribution in [0.5, 0.6) is 0 Å². The van der Waals surface area contributed by atoms with E-state index in [1.807, 2.05) is 39.8 Å². The molecule has 0 radical (unpaired) electrons. The van der Waals surface area contributed by atoms with Crippen molar-refractivity contribution in [2.45, 2.75) is 34.2 Å². The number of hydrogen-bond donors (Lipinski definition) is 0. The van der Waals surface area contributed by atoms with Gasteiger partial charge in [0.1, 0.15) is 5.69 Å². The first-order valence-corrected chi connectivity index (χ1v) is 7.08. The maximum atomic E-state index is 12.8. The lowest BCUT2D eigenvalue weighted by molar-refractivity contribution is 0.102. The number of benzene rings is 1. The van der Waals surface area contributed by atoms with E-state index in [2.05, 4.69) is 21.0 Å². The molecule has 0 saturated carbocycles. The number of aromatic nitrogens is 2. The fourth-order valence-electron chi connectivity index (χ4n) is 2.48. The lowest BCUT2D eigenvalue weighted by atomic mass is 9.95. The number of ketones is 1. The zero-order valence-corrected chi connectivity index (χ0v) is 13.2. The van der Waals surface area contributed by atoms with Crippen LogP contribution < -0.4 is 0 Å². The van der Waals surface area contributed by atoms with Crippen molar-refractivity contribution in [2.75, 3.05) is 0 Å². The van der Waals surface area contributed by atoms with Crippen molar-refractivity contribution in [3.05, 3.63) is 50.8 Å².